The van der Waals surface area contributed by atoms with Crippen LogP contribution >= 0.6 is 11.6 Å². The van der Waals surface area contributed by atoms with Gasteiger partial charge in [-0.2, -0.15) is 10.4 Å². The monoisotopic (exact) mass is 275 g/mol. The standard InChI is InChI=1S/C14H14ClN3O/c1-9(2)13-10(8-16)14(15)18(17-13)11-6-4-5-7-12(11)19-3/h4-7,9H,1-3H3. The van der Waals surface area contributed by atoms with Gasteiger partial charge >= 0.3 is 0 Å². The first kappa shape index (κ1) is 13.4. The number of nitriles is 1. The van der Waals surface area contributed by atoms with E-state index in [-0.39, 0.29) is 5.92 Å². The van der Waals surface area contributed by atoms with Crippen LogP contribution in [0.25, 0.3) is 5.69 Å². The maximum atomic E-state index is 9.22. The summed E-state index contributed by atoms with van der Waals surface area (Å²) in [5, 5.41) is 14.0. The zero-order valence-electron chi connectivity index (χ0n) is 11.0. The highest BCUT2D eigenvalue weighted by atomic mass is 35.5. The number of halogens is 1. The molecule has 0 aliphatic carbocycles. The lowest BCUT2D eigenvalue weighted by atomic mass is 10.1. The van der Waals surface area contributed by atoms with Gasteiger partial charge in [0.2, 0.25) is 0 Å². The molecule has 19 heavy (non-hydrogen) atoms. The second-order valence-electron chi connectivity index (χ2n) is 4.40. The second-order valence-corrected chi connectivity index (χ2v) is 4.76. The van der Waals surface area contributed by atoms with Crippen molar-refractivity contribution in [2.45, 2.75) is 19.8 Å². The largest absolute Gasteiger partial charge is 0.494 e. The van der Waals surface area contributed by atoms with Gasteiger partial charge in [-0.25, -0.2) is 4.68 Å². The summed E-state index contributed by atoms with van der Waals surface area (Å²) >= 11 is 6.26. The van der Waals surface area contributed by atoms with E-state index < -0.39 is 0 Å². The van der Waals surface area contributed by atoms with Crippen LogP contribution in [0.2, 0.25) is 5.15 Å². The topological polar surface area (TPSA) is 50.8 Å². The molecule has 1 aromatic heterocycles. The highest BCUT2D eigenvalue weighted by Crippen LogP contribution is 2.31. The van der Waals surface area contributed by atoms with E-state index in [4.69, 9.17) is 16.3 Å². The van der Waals surface area contributed by atoms with Crippen molar-refractivity contribution in [3.8, 4) is 17.5 Å². The predicted molar refractivity (Wildman–Crippen MR) is 73.9 cm³/mol. The third-order valence-corrected chi connectivity index (χ3v) is 3.18. The number of nitrogens with zero attached hydrogens (tertiary/aromatic N) is 3. The van der Waals surface area contributed by atoms with Crippen molar-refractivity contribution in [2.24, 2.45) is 0 Å². The molecule has 5 heteroatoms. The first-order valence-corrected chi connectivity index (χ1v) is 6.29. The van der Waals surface area contributed by atoms with Crippen molar-refractivity contribution in [1.82, 2.24) is 9.78 Å². The summed E-state index contributed by atoms with van der Waals surface area (Å²) in [5.74, 6) is 0.787. The Kier molecular flexibility index (Phi) is 3.77. The summed E-state index contributed by atoms with van der Waals surface area (Å²) in [6.45, 7) is 3.96. The summed E-state index contributed by atoms with van der Waals surface area (Å²) in [6.07, 6.45) is 0. The minimum Gasteiger partial charge on any atom is -0.494 e. The summed E-state index contributed by atoms with van der Waals surface area (Å²) in [5.41, 5.74) is 1.83. The van der Waals surface area contributed by atoms with E-state index >= 15 is 0 Å². The number of para-hydroxylation sites is 2. The molecule has 0 bridgehead atoms. The van der Waals surface area contributed by atoms with E-state index in [0.717, 1.165) is 5.69 Å². The minimum absolute atomic E-state index is 0.128. The number of rotatable bonds is 3. The van der Waals surface area contributed by atoms with Crippen LogP contribution in [0.5, 0.6) is 5.75 Å². The van der Waals surface area contributed by atoms with Crippen LogP contribution in [0.15, 0.2) is 24.3 Å². The number of aromatic nitrogens is 2. The van der Waals surface area contributed by atoms with Crippen LogP contribution in [-0.2, 0) is 0 Å². The molecule has 0 fully saturated rings. The number of hydrogen-bond donors (Lipinski definition) is 0. The van der Waals surface area contributed by atoms with Crippen LogP contribution < -0.4 is 4.74 Å². The van der Waals surface area contributed by atoms with E-state index in [1.807, 2.05) is 38.1 Å². The molecule has 4 nitrogen and oxygen atoms in total. The molecule has 1 heterocycles. The Morgan fingerprint density at radius 1 is 1.37 bits per heavy atom. The van der Waals surface area contributed by atoms with Crippen LogP contribution in [0.3, 0.4) is 0 Å². The van der Waals surface area contributed by atoms with Gasteiger partial charge in [0.05, 0.1) is 12.8 Å². The second kappa shape index (κ2) is 5.33. The van der Waals surface area contributed by atoms with Gasteiger partial charge in [0.25, 0.3) is 0 Å². The van der Waals surface area contributed by atoms with Crippen molar-refractivity contribution >= 4 is 11.6 Å². The fourth-order valence-electron chi connectivity index (χ4n) is 1.89. The van der Waals surface area contributed by atoms with Gasteiger partial charge in [0, 0.05) is 0 Å². The molecule has 0 aliphatic heterocycles. The molecule has 1 aromatic carbocycles. The Balaban J connectivity index is 2.67. The predicted octanol–water partition coefficient (Wildman–Crippen LogP) is 3.53. The van der Waals surface area contributed by atoms with Crippen molar-refractivity contribution in [3.05, 3.63) is 40.7 Å². The fraction of sp³-hybridized carbons (Fsp3) is 0.286. The van der Waals surface area contributed by atoms with E-state index in [1.54, 1.807) is 11.8 Å². The SMILES string of the molecule is COc1ccccc1-n1nc(C(C)C)c(C#N)c1Cl. The zero-order chi connectivity index (χ0) is 14.0. The van der Waals surface area contributed by atoms with Gasteiger partial charge in [-0.1, -0.05) is 37.6 Å². The van der Waals surface area contributed by atoms with Gasteiger partial charge in [0.1, 0.15) is 23.1 Å². The molecule has 2 aromatic rings. The average Bonchev–Trinajstić information content (AvgIpc) is 2.75. The number of benzene rings is 1. The Bertz CT molecular complexity index is 641. The van der Waals surface area contributed by atoms with Crippen LogP contribution in [-0.4, -0.2) is 16.9 Å². The molecule has 0 spiro atoms. The van der Waals surface area contributed by atoms with Crippen LogP contribution in [0.4, 0.5) is 0 Å². The van der Waals surface area contributed by atoms with Crippen molar-refractivity contribution in [1.29, 1.82) is 5.26 Å². The van der Waals surface area contributed by atoms with Crippen LogP contribution in [0, 0.1) is 11.3 Å². The van der Waals surface area contributed by atoms with Gasteiger partial charge < -0.3 is 4.74 Å². The Morgan fingerprint density at radius 2 is 2.05 bits per heavy atom. The van der Waals surface area contributed by atoms with Gasteiger partial charge in [-0.3, -0.25) is 0 Å². The summed E-state index contributed by atoms with van der Waals surface area (Å²) in [7, 11) is 1.59. The van der Waals surface area contributed by atoms with E-state index in [1.165, 1.54) is 0 Å². The molecule has 0 saturated heterocycles. The number of hydrogen-bond acceptors (Lipinski definition) is 3. The molecule has 0 aliphatic rings. The first-order valence-electron chi connectivity index (χ1n) is 5.92. The lowest BCUT2D eigenvalue weighted by Crippen LogP contribution is -2.01. The minimum atomic E-state index is 0.128. The summed E-state index contributed by atoms with van der Waals surface area (Å²) < 4.78 is 6.85. The maximum absolute atomic E-state index is 9.22. The molecule has 0 amide bonds. The molecule has 0 saturated carbocycles. The smallest absolute Gasteiger partial charge is 0.151 e. The molecule has 2 rings (SSSR count). The number of methoxy groups -OCH3 is 1. The molecule has 0 radical (unpaired) electrons. The third-order valence-electron chi connectivity index (χ3n) is 2.83. The van der Waals surface area contributed by atoms with Crippen molar-refractivity contribution in [2.75, 3.05) is 7.11 Å². The molecule has 0 unspecified atom stereocenters. The molecule has 98 valence electrons. The Labute approximate surface area is 117 Å². The summed E-state index contributed by atoms with van der Waals surface area (Å²) in [6, 6.07) is 9.54. The Morgan fingerprint density at radius 3 is 2.58 bits per heavy atom. The van der Waals surface area contributed by atoms with E-state index in [0.29, 0.717) is 22.2 Å². The average molecular weight is 276 g/mol. The van der Waals surface area contributed by atoms with E-state index in [2.05, 4.69) is 11.2 Å². The van der Waals surface area contributed by atoms with E-state index in [9.17, 15) is 5.26 Å². The lowest BCUT2D eigenvalue weighted by molar-refractivity contribution is 0.411. The summed E-state index contributed by atoms with van der Waals surface area (Å²) in [4.78, 5) is 0. The normalized spacial score (nSPS) is 10.5. The molecular formula is C14H14ClN3O. The van der Waals surface area contributed by atoms with Gasteiger partial charge in [-0.15, -0.1) is 0 Å². The van der Waals surface area contributed by atoms with Gasteiger partial charge in [-0.05, 0) is 18.1 Å². The molecular weight excluding hydrogens is 262 g/mol. The quantitative estimate of drug-likeness (QED) is 0.861. The zero-order valence-corrected chi connectivity index (χ0v) is 11.8. The lowest BCUT2D eigenvalue weighted by Gasteiger charge is -2.08. The van der Waals surface area contributed by atoms with Crippen molar-refractivity contribution < 1.29 is 4.74 Å². The number of ether oxygens (including phenoxy) is 1. The first-order chi connectivity index (χ1) is 9.10. The maximum Gasteiger partial charge on any atom is 0.151 e. The molecule has 0 atom stereocenters. The molecule has 0 N–H and O–H groups in total. The van der Waals surface area contributed by atoms with Gasteiger partial charge in [0.15, 0.2) is 5.15 Å². The Hall–Kier alpha value is -1.99. The highest BCUT2D eigenvalue weighted by molar-refractivity contribution is 6.31. The fourth-order valence-corrected chi connectivity index (χ4v) is 2.15. The van der Waals surface area contributed by atoms with Crippen molar-refractivity contribution in [3.63, 3.8) is 0 Å². The van der Waals surface area contributed by atoms with Crippen LogP contribution in [0.1, 0.15) is 31.0 Å². The third kappa shape index (κ3) is 2.29. The highest BCUT2D eigenvalue weighted by Gasteiger charge is 2.20.